The minimum absolute atomic E-state index is 0.209. The van der Waals surface area contributed by atoms with Gasteiger partial charge in [0.05, 0.1) is 6.20 Å². The highest BCUT2D eigenvalue weighted by molar-refractivity contribution is 7.89. The van der Waals surface area contributed by atoms with E-state index in [0.717, 1.165) is 42.4 Å². The van der Waals surface area contributed by atoms with Crippen LogP contribution in [0.15, 0.2) is 45.8 Å². The number of fused-ring (bicyclic) bond motifs is 3. The van der Waals surface area contributed by atoms with E-state index in [4.69, 9.17) is 9.15 Å². The van der Waals surface area contributed by atoms with E-state index in [2.05, 4.69) is 4.98 Å². The van der Waals surface area contributed by atoms with Gasteiger partial charge in [-0.1, -0.05) is 0 Å². The fraction of sp³-hybridized carbons (Fsp3) is 0.381. The molecule has 0 saturated carbocycles. The summed E-state index contributed by atoms with van der Waals surface area (Å²) < 4.78 is 38.5. The Morgan fingerprint density at radius 1 is 1.00 bits per heavy atom. The molecule has 1 aromatic carbocycles. The zero-order chi connectivity index (χ0) is 19.1. The van der Waals surface area contributed by atoms with Crippen molar-refractivity contribution in [1.82, 2.24) is 9.29 Å². The van der Waals surface area contributed by atoms with Gasteiger partial charge < -0.3 is 9.15 Å². The van der Waals surface area contributed by atoms with Gasteiger partial charge in [-0.2, -0.15) is 4.31 Å². The van der Waals surface area contributed by atoms with Crippen LogP contribution in [0.3, 0.4) is 0 Å². The zero-order valence-corrected chi connectivity index (χ0v) is 16.4. The summed E-state index contributed by atoms with van der Waals surface area (Å²) in [5.41, 5.74) is 2.17. The first-order valence-electron chi connectivity index (χ1n) is 9.80. The standard InChI is InChI=1S/C21H22N2O4S/c24-28(25,23-11-3-4-12-23)16-8-10-21(22-14-16)26-15-7-9-20-18(13-15)17-5-1-2-6-19(17)27-20/h7-10,13-14H,1-6,11-12H2. The summed E-state index contributed by atoms with van der Waals surface area (Å²) >= 11 is 0. The molecular formula is C21H22N2O4S. The van der Waals surface area contributed by atoms with Crippen LogP contribution in [0.4, 0.5) is 0 Å². The third-order valence-corrected chi connectivity index (χ3v) is 7.44. The van der Waals surface area contributed by atoms with Crippen LogP contribution in [0.25, 0.3) is 11.0 Å². The van der Waals surface area contributed by atoms with Crippen LogP contribution >= 0.6 is 0 Å². The number of rotatable bonds is 4. The molecule has 5 rings (SSSR count). The van der Waals surface area contributed by atoms with Crippen LogP contribution in [0.2, 0.25) is 0 Å². The van der Waals surface area contributed by atoms with E-state index in [1.165, 1.54) is 28.9 Å². The topological polar surface area (TPSA) is 72.6 Å². The van der Waals surface area contributed by atoms with Crippen LogP contribution in [-0.2, 0) is 22.9 Å². The summed E-state index contributed by atoms with van der Waals surface area (Å²) in [6.07, 6.45) is 7.58. The van der Waals surface area contributed by atoms with Gasteiger partial charge in [-0.15, -0.1) is 0 Å². The van der Waals surface area contributed by atoms with Gasteiger partial charge in [0, 0.05) is 36.5 Å². The average Bonchev–Trinajstić information content (AvgIpc) is 3.37. The Morgan fingerprint density at radius 2 is 1.82 bits per heavy atom. The van der Waals surface area contributed by atoms with Crippen molar-refractivity contribution < 1.29 is 17.6 Å². The van der Waals surface area contributed by atoms with Gasteiger partial charge in [-0.3, -0.25) is 0 Å². The summed E-state index contributed by atoms with van der Waals surface area (Å²) in [7, 11) is -3.46. The number of furan rings is 1. The molecule has 7 heteroatoms. The van der Waals surface area contributed by atoms with Gasteiger partial charge in [-0.05, 0) is 56.4 Å². The number of hydrogen-bond donors (Lipinski definition) is 0. The lowest BCUT2D eigenvalue weighted by Crippen LogP contribution is -2.27. The smallest absolute Gasteiger partial charge is 0.244 e. The molecule has 2 aliphatic rings. The lowest BCUT2D eigenvalue weighted by Gasteiger charge is -2.15. The highest BCUT2D eigenvalue weighted by atomic mass is 32.2. The lowest BCUT2D eigenvalue weighted by atomic mass is 9.96. The Kier molecular flexibility index (Phi) is 4.36. The van der Waals surface area contributed by atoms with Crippen molar-refractivity contribution in [1.29, 1.82) is 0 Å². The van der Waals surface area contributed by atoms with E-state index < -0.39 is 10.0 Å². The predicted octanol–water partition coefficient (Wildman–Crippen LogP) is 4.28. The monoisotopic (exact) mass is 398 g/mol. The molecule has 146 valence electrons. The molecule has 2 aromatic heterocycles. The SMILES string of the molecule is O=S(=O)(c1ccc(Oc2ccc3oc4c(c3c2)CCCC4)nc1)N1CCCC1. The van der Waals surface area contributed by atoms with E-state index in [9.17, 15) is 8.42 Å². The molecule has 1 aliphatic heterocycles. The lowest BCUT2D eigenvalue weighted by molar-refractivity contribution is 0.460. The van der Waals surface area contributed by atoms with Crippen molar-refractivity contribution in [3.8, 4) is 11.6 Å². The summed E-state index contributed by atoms with van der Waals surface area (Å²) in [5.74, 6) is 2.13. The van der Waals surface area contributed by atoms with Crippen LogP contribution in [0, 0.1) is 0 Å². The summed E-state index contributed by atoms with van der Waals surface area (Å²) in [5, 5.41) is 1.10. The second-order valence-corrected chi connectivity index (χ2v) is 9.35. The van der Waals surface area contributed by atoms with Crippen molar-refractivity contribution in [3.63, 3.8) is 0 Å². The number of sulfonamides is 1. The molecule has 0 atom stereocenters. The third kappa shape index (κ3) is 3.08. The first-order valence-corrected chi connectivity index (χ1v) is 11.2. The first-order chi connectivity index (χ1) is 13.6. The molecule has 1 saturated heterocycles. The highest BCUT2D eigenvalue weighted by Crippen LogP contribution is 2.35. The summed E-state index contributed by atoms with van der Waals surface area (Å²) in [4.78, 5) is 4.42. The molecule has 0 amide bonds. The van der Waals surface area contributed by atoms with Crippen molar-refractivity contribution in [2.45, 2.75) is 43.4 Å². The second-order valence-electron chi connectivity index (χ2n) is 7.41. The molecule has 1 fully saturated rings. The molecule has 6 nitrogen and oxygen atoms in total. The molecule has 1 aliphatic carbocycles. The maximum absolute atomic E-state index is 12.6. The van der Waals surface area contributed by atoms with Crippen LogP contribution in [0.5, 0.6) is 11.6 Å². The number of benzene rings is 1. The number of aromatic nitrogens is 1. The fourth-order valence-corrected chi connectivity index (χ4v) is 5.55. The Bertz CT molecular complexity index is 1110. The maximum Gasteiger partial charge on any atom is 0.244 e. The molecule has 0 N–H and O–H groups in total. The largest absolute Gasteiger partial charge is 0.461 e. The van der Waals surface area contributed by atoms with E-state index in [-0.39, 0.29) is 4.90 Å². The number of pyridine rings is 1. The molecule has 3 aromatic rings. The molecule has 28 heavy (non-hydrogen) atoms. The van der Waals surface area contributed by atoms with Gasteiger partial charge in [0.25, 0.3) is 0 Å². The zero-order valence-electron chi connectivity index (χ0n) is 15.6. The van der Waals surface area contributed by atoms with Gasteiger partial charge in [0.2, 0.25) is 15.9 Å². The fourth-order valence-electron chi connectivity index (χ4n) is 4.08. The quantitative estimate of drug-likeness (QED) is 0.656. The highest BCUT2D eigenvalue weighted by Gasteiger charge is 2.27. The average molecular weight is 398 g/mol. The van der Waals surface area contributed by atoms with E-state index >= 15 is 0 Å². The van der Waals surface area contributed by atoms with Gasteiger partial charge in [0.1, 0.15) is 22.0 Å². The second kappa shape index (κ2) is 6.90. The Morgan fingerprint density at radius 3 is 2.61 bits per heavy atom. The van der Waals surface area contributed by atoms with E-state index in [1.54, 1.807) is 12.1 Å². The molecule has 0 bridgehead atoms. The molecule has 0 spiro atoms. The van der Waals surface area contributed by atoms with Crippen molar-refractivity contribution >= 4 is 21.0 Å². The van der Waals surface area contributed by atoms with Gasteiger partial charge in [0.15, 0.2) is 0 Å². The van der Waals surface area contributed by atoms with E-state index in [0.29, 0.717) is 24.7 Å². The first kappa shape index (κ1) is 17.7. The molecule has 3 heterocycles. The van der Waals surface area contributed by atoms with Crippen molar-refractivity contribution in [2.24, 2.45) is 0 Å². The maximum atomic E-state index is 12.6. The number of nitrogens with zero attached hydrogens (tertiary/aromatic N) is 2. The summed E-state index contributed by atoms with van der Waals surface area (Å²) in [6, 6.07) is 8.94. The molecular weight excluding hydrogens is 376 g/mol. The predicted molar refractivity (Wildman–Crippen MR) is 105 cm³/mol. The molecule has 0 unspecified atom stereocenters. The Labute approximate surface area is 164 Å². The van der Waals surface area contributed by atoms with Crippen LogP contribution in [0.1, 0.15) is 37.0 Å². The Balaban J connectivity index is 1.39. The minimum Gasteiger partial charge on any atom is -0.461 e. The van der Waals surface area contributed by atoms with E-state index in [1.807, 2.05) is 18.2 Å². The normalized spacial score (nSPS) is 17.7. The number of aryl methyl sites for hydroxylation is 2. The summed E-state index contributed by atoms with van der Waals surface area (Å²) in [6.45, 7) is 1.16. The van der Waals surface area contributed by atoms with Gasteiger partial charge in [-0.25, -0.2) is 13.4 Å². The molecule has 0 radical (unpaired) electrons. The minimum atomic E-state index is -3.46. The van der Waals surface area contributed by atoms with Crippen molar-refractivity contribution in [2.75, 3.05) is 13.1 Å². The Hall–Kier alpha value is -2.38. The number of hydrogen-bond acceptors (Lipinski definition) is 5. The van der Waals surface area contributed by atoms with Crippen LogP contribution < -0.4 is 4.74 Å². The number of ether oxygens (including phenoxy) is 1. The van der Waals surface area contributed by atoms with Crippen molar-refractivity contribution in [3.05, 3.63) is 47.9 Å². The van der Waals surface area contributed by atoms with Crippen LogP contribution in [-0.4, -0.2) is 30.8 Å². The van der Waals surface area contributed by atoms with Gasteiger partial charge >= 0.3 is 0 Å². The third-order valence-electron chi connectivity index (χ3n) is 5.56.